The number of nitrogens with two attached hydrogens (primary N) is 1. The van der Waals surface area contributed by atoms with Crippen LogP contribution >= 0.6 is 0 Å². The van der Waals surface area contributed by atoms with Crippen LogP contribution in [0.3, 0.4) is 0 Å². The molecule has 0 aromatic rings. The molecule has 4 heteroatoms. The van der Waals surface area contributed by atoms with Crippen molar-refractivity contribution in [1.82, 2.24) is 0 Å². The van der Waals surface area contributed by atoms with Crippen LogP contribution in [0.4, 0.5) is 0 Å². The Kier molecular flexibility index (Phi) is 9.06. The lowest BCUT2D eigenvalue weighted by molar-refractivity contribution is -0.197. The van der Waals surface area contributed by atoms with Crippen molar-refractivity contribution < 1.29 is 14.2 Å². The van der Waals surface area contributed by atoms with Crippen molar-refractivity contribution in [2.24, 2.45) is 17.1 Å². The zero-order chi connectivity index (χ0) is 17.3. The second-order valence-corrected chi connectivity index (χ2v) is 7.65. The maximum Gasteiger partial charge on any atom is 0.168 e. The van der Waals surface area contributed by atoms with Gasteiger partial charge >= 0.3 is 0 Å². The Hall–Kier alpha value is -0.160. The van der Waals surface area contributed by atoms with Gasteiger partial charge in [-0.1, -0.05) is 34.1 Å². The van der Waals surface area contributed by atoms with E-state index < -0.39 is 0 Å². The van der Waals surface area contributed by atoms with E-state index in [2.05, 4.69) is 27.7 Å². The first-order chi connectivity index (χ1) is 10.9. The van der Waals surface area contributed by atoms with Crippen molar-refractivity contribution in [3.63, 3.8) is 0 Å². The molecule has 2 fully saturated rings. The predicted molar refractivity (Wildman–Crippen MR) is 95.4 cm³/mol. The predicted octanol–water partition coefficient (Wildman–Crippen LogP) is 4.12. The van der Waals surface area contributed by atoms with Crippen molar-refractivity contribution in [3.05, 3.63) is 0 Å². The molecule has 1 saturated carbocycles. The first-order valence-electron chi connectivity index (χ1n) is 9.43. The molecular formula is C19H39NO3. The molecule has 2 rings (SSSR count). The summed E-state index contributed by atoms with van der Waals surface area (Å²) in [6.07, 6.45) is 8.10. The molecule has 1 atom stereocenters. The van der Waals surface area contributed by atoms with E-state index in [0.717, 1.165) is 44.8 Å². The third-order valence-electron chi connectivity index (χ3n) is 5.57. The summed E-state index contributed by atoms with van der Waals surface area (Å²) in [5.41, 5.74) is 6.04. The van der Waals surface area contributed by atoms with Crippen LogP contribution in [0.25, 0.3) is 0 Å². The number of hydrogen-bond acceptors (Lipinski definition) is 4. The van der Waals surface area contributed by atoms with Gasteiger partial charge in [0.1, 0.15) is 0 Å². The van der Waals surface area contributed by atoms with E-state index in [1.807, 2.05) is 0 Å². The number of hydrogen-bond donors (Lipinski definition) is 1. The second-order valence-electron chi connectivity index (χ2n) is 7.65. The summed E-state index contributed by atoms with van der Waals surface area (Å²) in [7, 11) is 1.71. The monoisotopic (exact) mass is 329 g/mol. The van der Waals surface area contributed by atoms with Crippen molar-refractivity contribution in [2.75, 3.05) is 26.9 Å². The van der Waals surface area contributed by atoms with Gasteiger partial charge in [-0.2, -0.15) is 0 Å². The molecule has 1 unspecified atom stereocenters. The van der Waals surface area contributed by atoms with Gasteiger partial charge in [0.15, 0.2) is 5.79 Å². The Balaban J connectivity index is 0.000000463. The van der Waals surface area contributed by atoms with Gasteiger partial charge in [0.2, 0.25) is 0 Å². The van der Waals surface area contributed by atoms with E-state index in [9.17, 15) is 0 Å². The fraction of sp³-hybridized carbons (Fsp3) is 1.00. The zero-order valence-corrected chi connectivity index (χ0v) is 16.0. The molecule has 0 aromatic carbocycles. The first-order valence-corrected chi connectivity index (χ1v) is 9.43. The van der Waals surface area contributed by atoms with E-state index in [0.29, 0.717) is 12.0 Å². The van der Waals surface area contributed by atoms with Crippen LogP contribution < -0.4 is 5.73 Å². The van der Waals surface area contributed by atoms with Gasteiger partial charge in [0, 0.05) is 26.6 Å². The van der Waals surface area contributed by atoms with E-state index in [-0.39, 0.29) is 11.9 Å². The second kappa shape index (κ2) is 9.97. The number of rotatable bonds is 6. The lowest BCUT2D eigenvalue weighted by Crippen LogP contribution is -2.39. The molecule has 0 bridgehead atoms. The summed E-state index contributed by atoms with van der Waals surface area (Å²) < 4.78 is 16.8. The van der Waals surface area contributed by atoms with E-state index in [1.54, 1.807) is 7.11 Å². The minimum atomic E-state index is -0.264. The van der Waals surface area contributed by atoms with Crippen LogP contribution in [0.1, 0.15) is 72.6 Å². The highest BCUT2D eigenvalue weighted by atomic mass is 16.7. The van der Waals surface area contributed by atoms with Gasteiger partial charge in [-0.05, 0) is 43.6 Å². The highest BCUT2D eigenvalue weighted by Crippen LogP contribution is 2.47. The molecule has 2 aliphatic rings. The molecule has 2 N–H and O–H groups in total. The molecule has 1 heterocycles. The van der Waals surface area contributed by atoms with Gasteiger partial charge in [-0.3, -0.25) is 0 Å². The molecule has 1 spiro atoms. The highest BCUT2D eigenvalue weighted by molar-refractivity contribution is 4.89. The van der Waals surface area contributed by atoms with Gasteiger partial charge in [0.05, 0.1) is 12.7 Å². The average Bonchev–Trinajstić information content (AvgIpc) is 2.92. The van der Waals surface area contributed by atoms with Gasteiger partial charge in [-0.15, -0.1) is 0 Å². The summed E-state index contributed by atoms with van der Waals surface area (Å²) in [6, 6.07) is 0. The maximum absolute atomic E-state index is 6.12. The Labute approximate surface area is 143 Å². The lowest BCUT2D eigenvalue weighted by Gasteiger charge is -2.42. The normalized spacial score (nSPS) is 31.0. The molecular weight excluding hydrogens is 290 g/mol. The molecule has 4 nitrogen and oxygen atoms in total. The van der Waals surface area contributed by atoms with Crippen LogP contribution in [0.2, 0.25) is 0 Å². The lowest BCUT2D eigenvalue weighted by atomic mass is 9.68. The molecule has 0 amide bonds. The SMILES string of the molecule is CCC(C)(C)C1CCC2(CC1)OCC(CCN)O2.CCCOC. The molecule has 23 heavy (non-hydrogen) atoms. The number of ether oxygens (including phenoxy) is 3. The summed E-state index contributed by atoms with van der Waals surface area (Å²) >= 11 is 0. The van der Waals surface area contributed by atoms with Gasteiger partial charge in [0.25, 0.3) is 0 Å². The van der Waals surface area contributed by atoms with Crippen molar-refractivity contribution in [1.29, 1.82) is 0 Å². The largest absolute Gasteiger partial charge is 0.385 e. The summed E-state index contributed by atoms with van der Waals surface area (Å²) in [6.45, 7) is 11.5. The first kappa shape index (κ1) is 20.9. The van der Waals surface area contributed by atoms with Crippen LogP contribution in [-0.4, -0.2) is 38.8 Å². The van der Waals surface area contributed by atoms with Crippen LogP contribution in [0, 0.1) is 11.3 Å². The Morgan fingerprint density at radius 3 is 2.30 bits per heavy atom. The molecule has 0 radical (unpaired) electrons. The highest BCUT2D eigenvalue weighted by Gasteiger charge is 2.45. The van der Waals surface area contributed by atoms with E-state index in [1.165, 1.54) is 19.3 Å². The van der Waals surface area contributed by atoms with Gasteiger partial charge < -0.3 is 19.9 Å². The van der Waals surface area contributed by atoms with Crippen molar-refractivity contribution in [3.8, 4) is 0 Å². The molecule has 138 valence electrons. The quantitative estimate of drug-likeness (QED) is 0.796. The molecule has 1 aliphatic heterocycles. The topological polar surface area (TPSA) is 53.7 Å². The molecule has 1 saturated heterocycles. The van der Waals surface area contributed by atoms with Crippen LogP contribution in [0.5, 0.6) is 0 Å². The van der Waals surface area contributed by atoms with Crippen LogP contribution in [0.15, 0.2) is 0 Å². The average molecular weight is 330 g/mol. The summed E-state index contributed by atoms with van der Waals surface area (Å²) in [5.74, 6) is 0.550. The smallest absolute Gasteiger partial charge is 0.168 e. The Morgan fingerprint density at radius 1 is 1.22 bits per heavy atom. The summed E-state index contributed by atoms with van der Waals surface area (Å²) in [4.78, 5) is 0. The third kappa shape index (κ3) is 6.33. The minimum absolute atomic E-state index is 0.228. The van der Waals surface area contributed by atoms with Crippen molar-refractivity contribution >= 4 is 0 Å². The fourth-order valence-electron chi connectivity index (χ4n) is 3.54. The third-order valence-corrected chi connectivity index (χ3v) is 5.57. The van der Waals surface area contributed by atoms with Crippen LogP contribution in [-0.2, 0) is 14.2 Å². The Bertz CT molecular complexity index is 310. The summed E-state index contributed by atoms with van der Waals surface area (Å²) in [5, 5.41) is 0. The fourth-order valence-corrected chi connectivity index (χ4v) is 3.54. The standard InChI is InChI=1S/C15H29NO2.C4H10O/c1-4-14(2,3)12-5-8-15(9-6-12)17-11-13(18-15)7-10-16;1-3-4-5-2/h12-13H,4-11,16H2,1-3H3;3-4H2,1-2H3. The molecule has 0 aromatic heterocycles. The molecule has 1 aliphatic carbocycles. The minimum Gasteiger partial charge on any atom is -0.385 e. The maximum atomic E-state index is 6.12. The number of methoxy groups -OCH3 is 1. The Morgan fingerprint density at radius 2 is 1.87 bits per heavy atom. The van der Waals surface area contributed by atoms with Gasteiger partial charge in [-0.25, -0.2) is 0 Å². The van der Waals surface area contributed by atoms with E-state index >= 15 is 0 Å². The van der Waals surface area contributed by atoms with E-state index in [4.69, 9.17) is 19.9 Å². The van der Waals surface area contributed by atoms with Crippen molar-refractivity contribution in [2.45, 2.75) is 84.5 Å². The zero-order valence-electron chi connectivity index (χ0n) is 16.0.